The summed E-state index contributed by atoms with van der Waals surface area (Å²) in [6, 6.07) is 8.58. The minimum atomic E-state index is 0.479. The molecule has 0 atom stereocenters. The Morgan fingerprint density at radius 2 is 1.69 bits per heavy atom. The van der Waals surface area contributed by atoms with E-state index < -0.39 is 0 Å². The molecule has 0 spiro atoms. The number of aromatic nitrogens is 2. The van der Waals surface area contributed by atoms with Crippen molar-refractivity contribution < 1.29 is 0 Å². The predicted molar refractivity (Wildman–Crippen MR) is 67.1 cm³/mol. The van der Waals surface area contributed by atoms with Crippen molar-refractivity contribution in [1.82, 2.24) is 9.78 Å². The van der Waals surface area contributed by atoms with Gasteiger partial charge in [0.25, 0.3) is 0 Å². The average Bonchev–Trinajstić information content (AvgIpc) is 2.64. The third kappa shape index (κ3) is 2.16. The van der Waals surface area contributed by atoms with Crippen molar-refractivity contribution in [1.29, 1.82) is 0 Å². The summed E-state index contributed by atoms with van der Waals surface area (Å²) < 4.78 is 1.95. The molecule has 16 heavy (non-hydrogen) atoms. The zero-order chi connectivity index (χ0) is 11.7. The molecule has 2 heteroatoms. The molecule has 2 rings (SSSR count). The second-order valence-electron chi connectivity index (χ2n) is 4.69. The van der Waals surface area contributed by atoms with E-state index in [1.807, 2.05) is 10.9 Å². The number of benzene rings is 1. The molecule has 0 radical (unpaired) electrons. The summed E-state index contributed by atoms with van der Waals surface area (Å²) in [5, 5.41) is 4.58. The fourth-order valence-electron chi connectivity index (χ4n) is 1.87. The number of nitrogens with zero attached hydrogens (tertiary/aromatic N) is 2. The van der Waals surface area contributed by atoms with Crippen molar-refractivity contribution in [2.75, 3.05) is 0 Å². The van der Waals surface area contributed by atoms with Crippen molar-refractivity contribution in [2.45, 2.75) is 33.6 Å². The van der Waals surface area contributed by atoms with Crippen molar-refractivity contribution in [3.8, 4) is 5.69 Å². The lowest BCUT2D eigenvalue weighted by Gasteiger charge is -2.05. The Morgan fingerprint density at radius 1 is 1.06 bits per heavy atom. The average molecular weight is 214 g/mol. The Bertz CT molecular complexity index is 475. The summed E-state index contributed by atoms with van der Waals surface area (Å²) in [5.74, 6) is 0.479. The molecule has 1 heterocycles. The van der Waals surface area contributed by atoms with Crippen LogP contribution < -0.4 is 0 Å². The molecule has 2 aromatic rings. The first-order chi connectivity index (χ1) is 7.56. The Kier molecular flexibility index (Phi) is 2.82. The molecular weight excluding hydrogens is 196 g/mol. The first-order valence-electron chi connectivity index (χ1n) is 5.70. The molecule has 1 aromatic carbocycles. The highest BCUT2D eigenvalue weighted by atomic mass is 15.3. The van der Waals surface area contributed by atoms with E-state index in [9.17, 15) is 0 Å². The summed E-state index contributed by atoms with van der Waals surface area (Å²) in [6.45, 7) is 8.55. The van der Waals surface area contributed by atoms with E-state index in [1.165, 1.54) is 11.1 Å². The van der Waals surface area contributed by atoms with Crippen LogP contribution >= 0.6 is 0 Å². The fraction of sp³-hybridized carbons (Fsp3) is 0.357. The molecule has 1 aromatic heterocycles. The second-order valence-corrected chi connectivity index (χ2v) is 4.69. The maximum atomic E-state index is 4.58. The standard InChI is InChI=1S/C14H18N2/c1-10(2)14-5-6-16(15-14)13-8-11(3)7-12(4)9-13/h5-10H,1-4H3. The fourth-order valence-corrected chi connectivity index (χ4v) is 1.87. The smallest absolute Gasteiger partial charge is 0.0654 e. The van der Waals surface area contributed by atoms with Crippen LogP contribution in [0.2, 0.25) is 0 Å². The van der Waals surface area contributed by atoms with E-state index in [4.69, 9.17) is 0 Å². The highest BCUT2D eigenvalue weighted by Crippen LogP contribution is 2.16. The van der Waals surface area contributed by atoms with Gasteiger partial charge in [-0.25, -0.2) is 4.68 Å². The zero-order valence-electron chi connectivity index (χ0n) is 10.4. The molecule has 0 unspecified atom stereocenters. The molecule has 0 fully saturated rings. The van der Waals surface area contributed by atoms with Crippen molar-refractivity contribution in [2.24, 2.45) is 0 Å². The van der Waals surface area contributed by atoms with Gasteiger partial charge in [-0.1, -0.05) is 19.9 Å². The summed E-state index contributed by atoms with van der Waals surface area (Å²) in [5.41, 5.74) is 4.83. The highest BCUT2D eigenvalue weighted by molar-refractivity contribution is 5.39. The van der Waals surface area contributed by atoms with Gasteiger partial charge in [0.2, 0.25) is 0 Å². The first-order valence-corrected chi connectivity index (χ1v) is 5.70. The third-order valence-corrected chi connectivity index (χ3v) is 2.67. The van der Waals surface area contributed by atoms with E-state index in [-0.39, 0.29) is 0 Å². The maximum Gasteiger partial charge on any atom is 0.0654 e. The van der Waals surface area contributed by atoms with E-state index >= 15 is 0 Å². The van der Waals surface area contributed by atoms with E-state index in [0.29, 0.717) is 5.92 Å². The van der Waals surface area contributed by atoms with Gasteiger partial charge in [0.15, 0.2) is 0 Å². The minimum Gasteiger partial charge on any atom is -0.241 e. The van der Waals surface area contributed by atoms with Gasteiger partial charge in [-0.2, -0.15) is 5.10 Å². The van der Waals surface area contributed by atoms with Gasteiger partial charge in [-0.3, -0.25) is 0 Å². The van der Waals surface area contributed by atoms with Crippen molar-refractivity contribution in [3.63, 3.8) is 0 Å². The molecule has 0 N–H and O–H groups in total. The van der Waals surface area contributed by atoms with Crippen LogP contribution in [0, 0.1) is 13.8 Å². The highest BCUT2D eigenvalue weighted by Gasteiger charge is 2.05. The summed E-state index contributed by atoms with van der Waals surface area (Å²) in [7, 11) is 0. The Hall–Kier alpha value is -1.57. The summed E-state index contributed by atoms with van der Waals surface area (Å²) in [4.78, 5) is 0. The summed E-state index contributed by atoms with van der Waals surface area (Å²) in [6.07, 6.45) is 2.03. The molecule has 0 saturated heterocycles. The minimum absolute atomic E-state index is 0.479. The quantitative estimate of drug-likeness (QED) is 0.746. The molecule has 0 saturated carbocycles. The van der Waals surface area contributed by atoms with Crippen LogP contribution in [0.3, 0.4) is 0 Å². The Morgan fingerprint density at radius 3 is 2.19 bits per heavy atom. The Balaban J connectivity index is 2.42. The van der Waals surface area contributed by atoms with E-state index in [1.54, 1.807) is 0 Å². The monoisotopic (exact) mass is 214 g/mol. The van der Waals surface area contributed by atoms with Crippen LogP contribution in [-0.4, -0.2) is 9.78 Å². The second kappa shape index (κ2) is 4.12. The molecular formula is C14H18N2. The molecule has 0 aliphatic carbocycles. The van der Waals surface area contributed by atoms with Crippen LogP contribution in [0.25, 0.3) is 5.69 Å². The number of aryl methyl sites for hydroxylation is 2. The van der Waals surface area contributed by atoms with Gasteiger partial charge in [-0.15, -0.1) is 0 Å². The molecule has 0 aliphatic rings. The van der Waals surface area contributed by atoms with Gasteiger partial charge < -0.3 is 0 Å². The van der Waals surface area contributed by atoms with Crippen LogP contribution in [-0.2, 0) is 0 Å². The lowest BCUT2D eigenvalue weighted by molar-refractivity contribution is 0.768. The number of hydrogen-bond acceptors (Lipinski definition) is 1. The summed E-state index contributed by atoms with van der Waals surface area (Å²) >= 11 is 0. The lowest BCUT2D eigenvalue weighted by atomic mass is 10.1. The van der Waals surface area contributed by atoms with Crippen LogP contribution in [0.4, 0.5) is 0 Å². The molecule has 2 nitrogen and oxygen atoms in total. The van der Waals surface area contributed by atoms with Crippen LogP contribution in [0.1, 0.15) is 36.6 Å². The largest absolute Gasteiger partial charge is 0.241 e. The van der Waals surface area contributed by atoms with E-state index in [0.717, 1.165) is 11.4 Å². The van der Waals surface area contributed by atoms with Crippen LogP contribution in [0.5, 0.6) is 0 Å². The SMILES string of the molecule is Cc1cc(C)cc(-n2ccc(C(C)C)n2)c1. The van der Waals surface area contributed by atoms with Gasteiger partial charge in [-0.05, 0) is 49.1 Å². The normalized spacial score (nSPS) is 11.1. The predicted octanol–water partition coefficient (Wildman–Crippen LogP) is 3.61. The van der Waals surface area contributed by atoms with Crippen LogP contribution in [0.15, 0.2) is 30.5 Å². The third-order valence-electron chi connectivity index (χ3n) is 2.67. The first kappa shape index (κ1) is 10.9. The van der Waals surface area contributed by atoms with E-state index in [2.05, 4.69) is 57.1 Å². The van der Waals surface area contributed by atoms with Gasteiger partial charge >= 0.3 is 0 Å². The van der Waals surface area contributed by atoms with Crippen molar-refractivity contribution in [3.05, 3.63) is 47.3 Å². The maximum absolute atomic E-state index is 4.58. The number of hydrogen-bond donors (Lipinski definition) is 0. The number of rotatable bonds is 2. The molecule has 0 bridgehead atoms. The lowest BCUT2D eigenvalue weighted by Crippen LogP contribution is -1.98. The molecule has 0 amide bonds. The molecule has 0 aliphatic heterocycles. The van der Waals surface area contributed by atoms with Gasteiger partial charge in [0.05, 0.1) is 11.4 Å². The van der Waals surface area contributed by atoms with Crippen molar-refractivity contribution >= 4 is 0 Å². The topological polar surface area (TPSA) is 17.8 Å². The Labute approximate surface area is 96.9 Å². The zero-order valence-corrected chi connectivity index (χ0v) is 10.4. The van der Waals surface area contributed by atoms with Gasteiger partial charge in [0, 0.05) is 6.20 Å². The van der Waals surface area contributed by atoms with Gasteiger partial charge in [0.1, 0.15) is 0 Å². The molecule has 84 valence electrons.